The van der Waals surface area contributed by atoms with E-state index in [1.165, 1.54) is 0 Å². The first-order chi connectivity index (χ1) is 28.8. The van der Waals surface area contributed by atoms with Crippen molar-refractivity contribution < 1.29 is 63.8 Å². The zero-order chi connectivity index (χ0) is 46.9. The van der Waals surface area contributed by atoms with Crippen LogP contribution in [0.1, 0.15) is 145 Å². The van der Waals surface area contributed by atoms with E-state index in [2.05, 4.69) is 20.1 Å². The van der Waals surface area contributed by atoms with Gasteiger partial charge in [0.15, 0.2) is 0 Å². The molecule has 9 aliphatic rings. The molecule has 0 aromatic carbocycles. The fourth-order valence-corrected chi connectivity index (χ4v) is 11.5. The van der Waals surface area contributed by atoms with E-state index >= 15 is 0 Å². The average Bonchev–Trinajstić information content (AvgIpc) is 3.93. The minimum Gasteiger partial charge on any atom is -0.479 e. The van der Waals surface area contributed by atoms with E-state index in [1.807, 2.05) is 0 Å². The molecule has 0 radical (unpaired) electrons. The molecule has 64 heavy (non-hydrogen) atoms. The summed E-state index contributed by atoms with van der Waals surface area (Å²) in [6.45, 7) is 10.5. The van der Waals surface area contributed by atoms with E-state index in [0.717, 1.165) is 51.4 Å². The van der Waals surface area contributed by atoms with Crippen LogP contribution in [0.25, 0.3) is 0 Å². The number of aliphatic carboxylic acids is 1. The maximum atomic E-state index is 12.6. The number of primary sulfonamides is 1. The Morgan fingerprint density at radius 3 is 1.22 bits per heavy atom. The van der Waals surface area contributed by atoms with E-state index in [9.17, 15) is 54.3 Å². The molecular formula is C41H70N6O14S3. The largest absolute Gasteiger partial charge is 0.479 e. The lowest BCUT2D eigenvalue weighted by Gasteiger charge is -2.24. The number of carboxylic acid groups (broad SMARTS) is 1. The van der Waals surface area contributed by atoms with Gasteiger partial charge in [-0.2, -0.15) is 0 Å². The summed E-state index contributed by atoms with van der Waals surface area (Å²) in [5, 5.41) is 18.1. The van der Waals surface area contributed by atoms with Crippen LogP contribution in [0.3, 0.4) is 0 Å². The Balaban J connectivity index is 0.000000169. The van der Waals surface area contributed by atoms with Gasteiger partial charge in [0.2, 0.25) is 30.1 Å². The van der Waals surface area contributed by atoms with Gasteiger partial charge in [-0.1, -0.05) is 7.43 Å². The van der Waals surface area contributed by atoms with Gasteiger partial charge in [-0.3, -0.25) is 19.0 Å². The fraction of sp³-hybridized carbons (Fsp3) is 0.878. The molecule has 6 atom stereocenters. The van der Waals surface area contributed by atoms with Gasteiger partial charge in [0.1, 0.15) is 22.3 Å². The van der Waals surface area contributed by atoms with Gasteiger partial charge in [0, 0.05) is 0 Å². The summed E-state index contributed by atoms with van der Waals surface area (Å²) in [6.07, 6.45) is 10.8. The number of ether oxygens (including phenoxy) is 2. The highest BCUT2D eigenvalue weighted by atomic mass is 32.2. The molecule has 0 spiro atoms. The molecule has 0 aliphatic heterocycles. The molecule has 0 aromatic heterocycles. The van der Waals surface area contributed by atoms with Crippen LogP contribution in [0.2, 0.25) is 0 Å². The second kappa shape index (κ2) is 17.7. The number of hydrogen-bond acceptors (Lipinski definition) is 14. The maximum Gasteiger partial charge on any atom is 0.408 e. The van der Waals surface area contributed by atoms with Gasteiger partial charge >= 0.3 is 18.2 Å². The fourth-order valence-electron chi connectivity index (χ4n) is 8.00. The first-order valence-corrected chi connectivity index (χ1v) is 26.7. The quantitative estimate of drug-likeness (QED) is 0.140. The number of sulfonamides is 3. The summed E-state index contributed by atoms with van der Waals surface area (Å²) in [5.41, 5.74) is 1.55. The molecule has 4 amide bonds. The molecule has 9 aliphatic carbocycles. The summed E-state index contributed by atoms with van der Waals surface area (Å²) in [5.74, 6) is -0.331. The zero-order valence-corrected chi connectivity index (χ0v) is 39.4. The topological polar surface area (TPSA) is 327 Å². The van der Waals surface area contributed by atoms with Crippen LogP contribution in [-0.2, 0) is 53.9 Å². The molecule has 0 aromatic rings. The SMILES string of the molecule is C.CC(C)(C)OC(=O)NC1(C(=O)NS(=O)(=O)C2CC2)C[C@H]1C1CC1.CC(C)(C)OC(=O)NC1(C(=O)O)C[C@H]1C1CC1.NC1(C(=O)NS(=O)(=O)C2CC2)C[C@H]1C1CC1.NS(=O)(=O)C1CC1. The van der Waals surface area contributed by atoms with Crippen molar-refractivity contribution in [2.45, 2.75) is 189 Å². The maximum absolute atomic E-state index is 12.6. The third kappa shape index (κ3) is 13.6. The van der Waals surface area contributed by atoms with Crippen molar-refractivity contribution in [3.8, 4) is 0 Å². The van der Waals surface area contributed by atoms with Crippen LogP contribution in [0.4, 0.5) is 9.59 Å². The van der Waals surface area contributed by atoms with Crippen LogP contribution >= 0.6 is 0 Å². The van der Waals surface area contributed by atoms with Crippen LogP contribution < -0.4 is 31.0 Å². The molecular weight excluding hydrogens is 897 g/mol. The molecule has 23 heteroatoms. The Morgan fingerprint density at radius 1 is 0.547 bits per heavy atom. The Labute approximate surface area is 377 Å². The average molecular weight is 967 g/mol. The third-order valence-corrected chi connectivity index (χ3v) is 17.7. The normalized spacial score (nSPS) is 31.4. The molecule has 0 saturated heterocycles. The summed E-state index contributed by atoms with van der Waals surface area (Å²) >= 11 is 0. The number of nitrogens with two attached hydrogens (primary N) is 2. The predicted molar refractivity (Wildman–Crippen MR) is 234 cm³/mol. The zero-order valence-electron chi connectivity index (χ0n) is 36.9. The number of carboxylic acids is 1. The lowest BCUT2D eigenvalue weighted by atomic mass is 10.1. The summed E-state index contributed by atoms with van der Waals surface area (Å²) < 4.78 is 82.2. The Morgan fingerprint density at radius 2 is 0.891 bits per heavy atom. The number of nitrogens with one attached hydrogen (secondary N) is 4. The van der Waals surface area contributed by atoms with E-state index in [4.69, 9.17) is 20.3 Å². The number of carbonyl (C=O) groups is 5. The summed E-state index contributed by atoms with van der Waals surface area (Å²) in [4.78, 5) is 59.3. The van der Waals surface area contributed by atoms with Gasteiger partial charge in [-0.15, -0.1) is 0 Å². The van der Waals surface area contributed by atoms with E-state index in [1.54, 1.807) is 41.5 Å². The van der Waals surface area contributed by atoms with E-state index < -0.39 is 93.1 Å². The predicted octanol–water partition coefficient (Wildman–Crippen LogP) is 2.85. The molecule has 3 unspecified atom stereocenters. The van der Waals surface area contributed by atoms with Gasteiger partial charge in [0.25, 0.3) is 11.8 Å². The van der Waals surface area contributed by atoms with Crippen molar-refractivity contribution in [1.29, 1.82) is 0 Å². The minimum atomic E-state index is -3.62. The highest BCUT2D eigenvalue weighted by Gasteiger charge is 2.68. The molecule has 366 valence electrons. The molecule has 9 rings (SSSR count). The number of hydrogen-bond donors (Lipinski definition) is 7. The van der Waals surface area contributed by atoms with Crippen LogP contribution in [0.15, 0.2) is 0 Å². The molecule has 9 fully saturated rings. The lowest BCUT2D eigenvalue weighted by Crippen LogP contribution is -2.53. The van der Waals surface area contributed by atoms with Crippen LogP contribution in [-0.4, -0.2) is 104 Å². The van der Waals surface area contributed by atoms with Crippen molar-refractivity contribution in [3.63, 3.8) is 0 Å². The molecule has 0 bridgehead atoms. The Bertz CT molecular complexity index is 2170. The van der Waals surface area contributed by atoms with Crippen molar-refractivity contribution in [1.82, 2.24) is 20.1 Å². The molecule has 9 N–H and O–H groups in total. The number of carbonyl (C=O) groups excluding carboxylic acids is 4. The second-order valence-electron chi connectivity index (χ2n) is 21.1. The summed E-state index contributed by atoms with van der Waals surface area (Å²) in [6, 6.07) is 0. The summed E-state index contributed by atoms with van der Waals surface area (Å²) in [7, 11) is -10.2. The molecule has 0 heterocycles. The minimum absolute atomic E-state index is 0. The number of rotatable bonds is 13. The van der Waals surface area contributed by atoms with Crippen molar-refractivity contribution in [2.75, 3.05) is 0 Å². The van der Waals surface area contributed by atoms with Crippen LogP contribution in [0, 0.1) is 35.5 Å². The second-order valence-corrected chi connectivity index (χ2v) is 26.9. The van der Waals surface area contributed by atoms with Crippen molar-refractivity contribution >= 4 is 60.0 Å². The van der Waals surface area contributed by atoms with Crippen LogP contribution in [0.5, 0.6) is 0 Å². The first kappa shape index (κ1) is 51.7. The molecule has 20 nitrogen and oxygen atoms in total. The molecule has 9 saturated carbocycles. The van der Waals surface area contributed by atoms with Crippen molar-refractivity contribution in [3.05, 3.63) is 0 Å². The highest BCUT2D eigenvalue weighted by Crippen LogP contribution is 2.58. The third-order valence-electron chi connectivity index (χ3n) is 12.7. The Kier molecular flexibility index (Phi) is 14.3. The van der Waals surface area contributed by atoms with E-state index in [0.29, 0.717) is 62.7 Å². The smallest absolute Gasteiger partial charge is 0.408 e. The highest BCUT2D eigenvalue weighted by molar-refractivity contribution is 7.91. The lowest BCUT2D eigenvalue weighted by molar-refractivity contribution is -0.141. The number of alkyl carbamates (subject to hydrolysis) is 2. The van der Waals surface area contributed by atoms with E-state index in [-0.39, 0.29) is 35.7 Å². The van der Waals surface area contributed by atoms with Gasteiger partial charge in [-0.05, 0) is 173 Å². The number of amides is 4. The standard InChI is InChI=1S/C15H24N2O5S.C12H19NO4.C10H16N2O3S.C3H7NO2S.CH4/c1-14(2,3)22-13(19)16-15(8-11(15)9-4-5-9)12(18)17-23(20,21)10-6-7-10;1-11(2,3)17-10(16)13-12(9(14)15)6-8(12)7-4-5-7;11-10(5-8(10)6-1-2-6)9(13)12-16(14,15)7-3-4-7;4-7(5,6)3-1-2-3;/h9-11H,4-8H2,1-3H3,(H,16,19)(H,17,18);7-8H,4-6H2,1-3H3,(H,13,16)(H,14,15);6-8H,1-5,11H2,(H,12,13);3H,1-2H2,(H2,4,5,6);1H4/t11-,15?;8-,12?;8-,10?;;/m000../s1. The van der Waals surface area contributed by atoms with Gasteiger partial charge in [0.05, 0.1) is 21.3 Å². The van der Waals surface area contributed by atoms with Gasteiger partial charge < -0.3 is 30.9 Å². The monoisotopic (exact) mass is 966 g/mol. The Hall–Kier alpha value is -3.28. The van der Waals surface area contributed by atoms with Crippen molar-refractivity contribution in [2.24, 2.45) is 46.4 Å². The van der Waals surface area contributed by atoms with Gasteiger partial charge in [-0.25, -0.2) is 44.8 Å². The first-order valence-electron chi connectivity index (χ1n) is 22.0.